The third-order valence-corrected chi connectivity index (χ3v) is 6.66. The number of rotatable bonds is 0. The third kappa shape index (κ3) is 1.98. The van der Waals surface area contributed by atoms with Gasteiger partial charge in [0.25, 0.3) is 0 Å². The summed E-state index contributed by atoms with van der Waals surface area (Å²) in [5.74, 6) is 0. The predicted molar refractivity (Wildman–Crippen MR) is 128 cm³/mol. The Labute approximate surface area is 176 Å². The van der Waals surface area contributed by atoms with Crippen LogP contribution in [0.25, 0.3) is 33.0 Å². The third-order valence-electron chi connectivity index (χ3n) is 6.66. The molecule has 0 aliphatic carbocycles. The molecule has 0 saturated carbocycles. The molecule has 0 bridgehead atoms. The van der Waals surface area contributed by atoms with Gasteiger partial charge in [0.1, 0.15) is 0 Å². The van der Waals surface area contributed by atoms with E-state index in [0.717, 1.165) is 0 Å². The van der Waals surface area contributed by atoms with Gasteiger partial charge in [-0.25, -0.2) is 0 Å². The summed E-state index contributed by atoms with van der Waals surface area (Å²) < 4.78 is 0. The first-order chi connectivity index (χ1) is 14.9. The summed E-state index contributed by atoms with van der Waals surface area (Å²) in [6.45, 7) is 0.172. The van der Waals surface area contributed by atoms with Gasteiger partial charge in [-0.05, 0) is 45.0 Å². The van der Waals surface area contributed by atoms with Crippen LogP contribution >= 0.6 is 0 Å². The normalized spacial score (nSPS) is 13.2. The summed E-state index contributed by atoms with van der Waals surface area (Å²) in [7, 11) is 0. The highest BCUT2D eigenvalue weighted by molar-refractivity contribution is 6.92. The maximum absolute atomic E-state index is 2.55. The number of nitrogens with zero attached hydrogens (tertiary/aromatic N) is 1. The highest BCUT2D eigenvalue weighted by Gasteiger charge is 2.42. The number of benzene rings is 5. The molecule has 5 aromatic carbocycles. The number of fused-ring (bicyclic) bond motifs is 13. The fraction of sp³-hybridized carbons (Fsp3) is 0. The molecule has 2 heteroatoms. The van der Waals surface area contributed by atoms with Crippen molar-refractivity contribution < 1.29 is 0 Å². The van der Waals surface area contributed by atoms with Crippen LogP contribution in [-0.2, 0) is 0 Å². The van der Waals surface area contributed by atoms with Crippen LogP contribution in [0.4, 0.5) is 11.4 Å². The SMILES string of the molecule is c1ccc2c(c1)B1c3ccc4ccccc4c3-c3ccccc3N1c1ccccc1-2. The van der Waals surface area contributed by atoms with Crippen molar-refractivity contribution in [1.82, 2.24) is 0 Å². The Morgan fingerprint density at radius 2 is 1.10 bits per heavy atom. The maximum Gasteiger partial charge on any atom is 0.329 e. The number of anilines is 2. The molecule has 138 valence electrons. The number of para-hydroxylation sites is 2. The standard InChI is InChI=1S/C28H18BN/c1-2-10-20-19(9-1)17-18-25-28(20)23-13-5-8-16-27(23)30-26-15-7-4-12-22(26)21-11-3-6-14-24(21)29(25)30/h1-18H. The molecule has 2 aliphatic rings. The quantitative estimate of drug-likeness (QED) is 0.310. The first-order valence-corrected chi connectivity index (χ1v) is 10.5. The summed E-state index contributed by atoms with van der Waals surface area (Å²) in [5.41, 5.74) is 10.7. The van der Waals surface area contributed by atoms with Crippen molar-refractivity contribution in [3.8, 4) is 22.3 Å². The number of hydrogen-bond donors (Lipinski definition) is 0. The minimum absolute atomic E-state index is 0.172. The molecule has 0 N–H and O–H groups in total. The molecule has 2 heterocycles. The molecule has 0 amide bonds. The van der Waals surface area contributed by atoms with E-state index in [2.05, 4.69) is 114 Å². The minimum Gasteiger partial charge on any atom is -0.376 e. The van der Waals surface area contributed by atoms with Crippen LogP contribution in [0.5, 0.6) is 0 Å². The van der Waals surface area contributed by atoms with Crippen molar-refractivity contribution >= 4 is 39.9 Å². The van der Waals surface area contributed by atoms with Crippen LogP contribution in [0, 0.1) is 0 Å². The Morgan fingerprint density at radius 1 is 0.467 bits per heavy atom. The summed E-state index contributed by atoms with van der Waals surface area (Å²) in [5, 5.41) is 2.63. The molecular formula is C28H18BN. The molecule has 0 atom stereocenters. The van der Waals surface area contributed by atoms with Gasteiger partial charge in [-0.2, -0.15) is 0 Å². The van der Waals surface area contributed by atoms with E-state index in [-0.39, 0.29) is 6.85 Å². The van der Waals surface area contributed by atoms with Crippen molar-refractivity contribution in [2.45, 2.75) is 0 Å². The van der Waals surface area contributed by atoms with Crippen molar-refractivity contribution in [3.05, 3.63) is 109 Å². The van der Waals surface area contributed by atoms with Gasteiger partial charge in [0.2, 0.25) is 0 Å². The molecule has 0 aromatic heterocycles. The summed E-state index contributed by atoms with van der Waals surface area (Å²) >= 11 is 0. The van der Waals surface area contributed by atoms with Crippen LogP contribution < -0.4 is 15.7 Å². The van der Waals surface area contributed by atoms with Crippen LogP contribution in [-0.4, -0.2) is 6.85 Å². The van der Waals surface area contributed by atoms with Gasteiger partial charge in [-0.3, -0.25) is 0 Å². The Hall–Kier alpha value is -3.78. The Bertz CT molecular complexity index is 1470. The minimum atomic E-state index is 0.172. The van der Waals surface area contributed by atoms with Gasteiger partial charge in [0.15, 0.2) is 0 Å². The lowest BCUT2D eigenvalue weighted by molar-refractivity contribution is 1.35. The largest absolute Gasteiger partial charge is 0.376 e. The molecule has 0 saturated heterocycles. The van der Waals surface area contributed by atoms with E-state index in [0.29, 0.717) is 0 Å². The van der Waals surface area contributed by atoms with Crippen molar-refractivity contribution in [3.63, 3.8) is 0 Å². The van der Waals surface area contributed by atoms with Crippen molar-refractivity contribution in [2.24, 2.45) is 0 Å². The molecule has 0 unspecified atom stereocenters. The average Bonchev–Trinajstić information content (AvgIpc) is 2.83. The van der Waals surface area contributed by atoms with E-state index in [4.69, 9.17) is 0 Å². The first-order valence-electron chi connectivity index (χ1n) is 10.5. The Morgan fingerprint density at radius 3 is 1.97 bits per heavy atom. The molecular weight excluding hydrogens is 361 g/mol. The van der Waals surface area contributed by atoms with Crippen molar-refractivity contribution in [2.75, 3.05) is 4.81 Å². The van der Waals surface area contributed by atoms with Gasteiger partial charge < -0.3 is 4.81 Å². The van der Waals surface area contributed by atoms with Crippen molar-refractivity contribution in [1.29, 1.82) is 0 Å². The lowest BCUT2D eigenvalue weighted by atomic mass is 9.43. The molecule has 30 heavy (non-hydrogen) atoms. The fourth-order valence-corrected chi connectivity index (χ4v) is 5.46. The molecule has 5 aromatic rings. The smallest absolute Gasteiger partial charge is 0.329 e. The van der Waals surface area contributed by atoms with Gasteiger partial charge in [-0.1, -0.05) is 97.1 Å². The lowest BCUT2D eigenvalue weighted by Gasteiger charge is -2.43. The molecule has 7 rings (SSSR count). The van der Waals surface area contributed by atoms with Crippen LogP contribution in [0.2, 0.25) is 0 Å². The Kier molecular flexibility index (Phi) is 3.14. The zero-order valence-corrected chi connectivity index (χ0v) is 16.4. The summed E-state index contributed by atoms with van der Waals surface area (Å²) in [6.07, 6.45) is 0. The maximum atomic E-state index is 2.55. The first kappa shape index (κ1) is 16.1. The van der Waals surface area contributed by atoms with Gasteiger partial charge in [-0.15, -0.1) is 0 Å². The Balaban J connectivity index is 1.66. The highest BCUT2D eigenvalue weighted by Crippen LogP contribution is 2.46. The zero-order valence-electron chi connectivity index (χ0n) is 16.4. The molecule has 0 spiro atoms. The second kappa shape index (κ2) is 5.87. The van der Waals surface area contributed by atoms with Gasteiger partial charge in [0.05, 0.1) is 0 Å². The van der Waals surface area contributed by atoms with Gasteiger partial charge >= 0.3 is 6.85 Å². The average molecular weight is 379 g/mol. The molecule has 0 fully saturated rings. The van der Waals surface area contributed by atoms with E-state index >= 15 is 0 Å². The van der Waals surface area contributed by atoms with E-state index < -0.39 is 0 Å². The highest BCUT2D eigenvalue weighted by atomic mass is 15.1. The van der Waals surface area contributed by atoms with E-state index in [1.807, 2.05) is 0 Å². The fourth-order valence-electron chi connectivity index (χ4n) is 5.46. The molecule has 1 nitrogen and oxygen atoms in total. The second-order valence-electron chi connectivity index (χ2n) is 8.15. The number of hydrogen-bond acceptors (Lipinski definition) is 1. The zero-order chi connectivity index (χ0) is 19.7. The predicted octanol–water partition coefficient (Wildman–Crippen LogP) is 5.74. The van der Waals surface area contributed by atoms with Crippen LogP contribution in [0.15, 0.2) is 109 Å². The van der Waals surface area contributed by atoms with Crippen LogP contribution in [0.1, 0.15) is 0 Å². The molecule has 2 aliphatic heterocycles. The topological polar surface area (TPSA) is 3.24 Å². The van der Waals surface area contributed by atoms with E-state index in [9.17, 15) is 0 Å². The second-order valence-corrected chi connectivity index (χ2v) is 8.15. The lowest BCUT2D eigenvalue weighted by Crippen LogP contribution is -2.59. The summed E-state index contributed by atoms with van der Waals surface area (Å²) in [4.78, 5) is 2.55. The van der Waals surface area contributed by atoms with Gasteiger partial charge in [0, 0.05) is 22.5 Å². The van der Waals surface area contributed by atoms with E-state index in [1.165, 1.54) is 55.3 Å². The molecule has 0 radical (unpaired) electrons. The van der Waals surface area contributed by atoms with Crippen LogP contribution in [0.3, 0.4) is 0 Å². The van der Waals surface area contributed by atoms with E-state index in [1.54, 1.807) is 0 Å². The summed E-state index contributed by atoms with van der Waals surface area (Å²) in [6, 6.07) is 40.0. The monoisotopic (exact) mass is 379 g/mol.